The number of benzene rings is 2. The molecule has 0 amide bonds. The molecule has 30 heavy (non-hydrogen) atoms. The van der Waals surface area contributed by atoms with Crippen molar-refractivity contribution in [2.75, 3.05) is 0 Å². The third-order valence-electron chi connectivity index (χ3n) is 6.95. The molecule has 1 saturated carbocycles. The Hall–Kier alpha value is -2.01. The Kier molecular flexibility index (Phi) is 5.60. The van der Waals surface area contributed by atoms with Crippen molar-refractivity contribution in [3.8, 4) is 0 Å². The normalized spacial score (nSPS) is 25.2. The molecule has 2 aliphatic carbocycles. The lowest BCUT2D eigenvalue weighted by molar-refractivity contribution is -0.115. The van der Waals surface area contributed by atoms with Gasteiger partial charge in [-0.3, -0.25) is 4.79 Å². The standard InChI is InChI=1S/C26H32O3Si/c1-18(23-16-19-15-20(27)17-24(19)25(23)28)29-30(26(2,3)4,21-11-7-5-8-12-21)22-13-9-6-10-14-22/h5-15,18,23-25,28H,16-17H2,1-4H3/t18-,23+,24+,25-/m0/s1. The van der Waals surface area contributed by atoms with E-state index in [1.54, 1.807) is 6.08 Å². The summed E-state index contributed by atoms with van der Waals surface area (Å²) in [6.45, 7) is 8.92. The van der Waals surface area contributed by atoms with Crippen LogP contribution in [0.4, 0.5) is 0 Å². The molecule has 2 aromatic rings. The van der Waals surface area contributed by atoms with E-state index in [9.17, 15) is 9.90 Å². The van der Waals surface area contributed by atoms with Gasteiger partial charge in [0.15, 0.2) is 5.78 Å². The third kappa shape index (κ3) is 3.51. The molecule has 4 heteroatoms. The van der Waals surface area contributed by atoms with Crippen LogP contribution in [0.1, 0.15) is 40.5 Å². The molecule has 4 rings (SSSR count). The fourth-order valence-electron chi connectivity index (χ4n) is 5.46. The Morgan fingerprint density at radius 1 is 0.967 bits per heavy atom. The van der Waals surface area contributed by atoms with Gasteiger partial charge in [-0.1, -0.05) is 87.0 Å². The summed E-state index contributed by atoms with van der Waals surface area (Å²) in [5.41, 5.74) is 1.11. The van der Waals surface area contributed by atoms with Gasteiger partial charge in [0, 0.05) is 24.4 Å². The van der Waals surface area contributed by atoms with E-state index in [1.807, 2.05) is 12.1 Å². The molecule has 1 fully saturated rings. The first-order valence-electron chi connectivity index (χ1n) is 10.9. The van der Waals surface area contributed by atoms with Crippen LogP contribution in [0.3, 0.4) is 0 Å². The second-order valence-electron chi connectivity index (χ2n) is 9.84. The van der Waals surface area contributed by atoms with Crippen molar-refractivity contribution >= 4 is 24.5 Å². The van der Waals surface area contributed by atoms with Gasteiger partial charge >= 0.3 is 0 Å². The fraction of sp³-hybridized carbons (Fsp3) is 0.423. The summed E-state index contributed by atoms with van der Waals surface area (Å²) in [5.74, 6) is 0.136. The van der Waals surface area contributed by atoms with Gasteiger partial charge in [-0.05, 0) is 34.8 Å². The quantitative estimate of drug-likeness (QED) is 0.748. The molecule has 3 nitrogen and oxygen atoms in total. The van der Waals surface area contributed by atoms with Gasteiger partial charge in [0.25, 0.3) is 8.32 Å². The van der Waals surface area contributed by atoms with Gasteiger partial charge in [-0.25, -0.2) is 0 Å². The van der Waals surface area contributed by atoms with E-state index >= 15 is 0 Å². The van der Waals surface area contributed by atoms with Crippen LogP contribution in [0.25, 0.3) is 0 Å². The molecule has 0 unspecified atom stereocenters. The monoisotopic (exact) mass is 420 g/mol. The summed E-state index contributed by atoms with van der Waals surface area (Å²) in [5, 5.41) is 13.4. The van der Waals surface area contributed by atoms with Gasteiger partial charge in [0.2, 0.25) is 0 Å². The second-order valence-corrected chi connectivity index (χ2v) is 14.1. The smallest absolute Gasteiger partial charge is 0.261 e. The summed E-state index contributed by atoms with van der Waals surface area (Å²) < 4.78 is 7.19. The highest BCUT2D eigenvalue weighted by Crippen LogP contribution is 2.46. The molecular weight excluding hydrogens is 388 g/mol. The Labute approximate surface area is 180 Å². The summed E-state index contributed by atoms with van der Waals surface area (Å²) >= 11 is 0. The number of allylic oxidation sites excluding steroid dienone is 1. The second kappa shape index (κ2) is 7.91. The van der Waals surface area contributed by atoms with Crippen LogP contribution in [-0.2, 0) is 9.22 Å². The van der Waals surface area contributed by atoms with Crippen molar-refractivity contribution in [1.29, 1.82) is 0 Å². The number of carbonyl (C=O) groups is 1. The minimum atomic E-state index is -2.66. The molecule has 158 valence electrons. The number of aliphatic hydroxyl groups excluding tert-OH is 1. The molecule has 0 heterocycles. The van der Waals surface area contributed by atoms with Crippen molar-refractivity contribution in [2.45, 2.75) is 57.8 Å². The third-order valence-corrected chi connectivity index (χ3v) is 12.1. The van der Waals surface area contributed by atoms with Crippen LogP contribution in [0, 0.1) is 11.8 Å². The van der Waals surface area contributed by atoms with E-state index < -0.39 is 14.4 Å². The van der Waals surface area contributed by atoms with Crippen LogP contribution >= 0.6 is 0 Å². The molecule has 0 saturated heterocycles. The Morgan fingerprint density at radius 3 is 1.97 bits per heavy atom. The van der Waals surface area contributed by atoms with Crippen molar-refractivity contribution in [1.82, 2.24) is 0 Å². The van der Waals surface area contributed by atoms with Crippen LogP contribution in [-0.4, -0.2) is 31.4 Å². The summed E-state index contributed by atoms with van der Waals surface area (Å²) in [7, 11) is -2.66. The van der Waals surface area contributed by atoms with E-state index in [2.05, 4.69) is 76.2 Å². The Balaban J connectivity index is 1.76. The molecule has 4 atom stereocenters. The topological polar surface area (TPSA) is 46.5 Å². The zero-order valence-corrected chi connectivity index (χ0v) is 19.3. The maximum Gasteiger partial charge on any atom is 0.261 e. The number of hydrogen-bond acceptors (Lipinski definition) is 3. The van der Waals surface area contributed by atoms with E-state index in [1.165, 1.54) is 10.4 Å². The summed E-state index contributed by atoms with van der Waals surface area (Å²) in [6.07, 6.45) is 2.31. The number of hydrogen-bond donors (Lipinski definition) is 1. The van der Waals surface area contributed by atoms with Gasteiger partial charge < -0.3 is 9.53 Å². The lowest BCUT2D eigenvalue weighted by Crippen LogP contribution is -2.68. The van der Waals surface area contributed by atoms with Gasteiger partial charge in [-0.15, -0.1) is 0 Å². The maximum absolute atomic E-state index is 11.8. The minimum Gasteiger partial charge on any atom is -0.404 e. The molecule has 0 spiro atoms. The minimum absolute atomic E-state index is 0.0102. The van der Waals surface area contributed by atoms with E-state index in [4.69, 9.17) is 4.43 Å². The molecule has 2 aliphatic rings. The predicted octanol–water partition coefficient (Wildman–Crippen LogP) is 3.85. The van der Waals surface area contributed by atoms with Crippen molar-refractivity contribution < 1.29 is 14.3 Å². The first kappa shape index (κ1) is 21.2. The fourth-order valence-corrected chi connectivity index (χ4v) is 10.2. The molecule has 2 aromatic carbocycles. The molecule has 1 N–H and O–H groups in total. The first-order chi connectivity index (χ1) is 14.2. The van der Waals surface area contributed by atoms with E-state index in [-0.39, 0.29) is 28.8 Å². The molecule has 0 aliphatic heterocycles. The molecule has 0 bridgehead atoms. The van der Waals surface area contributed by atoms with Crippen molar-refractivity contribution in [3.05, 3.63) is 72.3 Å². The van der Waals surface area contributed by atoms with Crippen molar-refractivity contribution in [2.24, 2.45) is 11.8 Å². The van der Waals surface area contributed by atoms with Gasteiger partial charge in [-0.2, -0.15) is 0 Å². The highest BCUT2D eigenvalue weighted by molar-refractivity contribution is 6.99. The molecule has 0 radical (unpaired) electrons. The van der Waals surface area contributed by atoms with Crippen LogP contribution in [0.5, 0.6) is 0 Å². The Bertz CT molecular complexity index is 890. The lowest BCUT2D eigenvalue weighted by Gasteiger charge is -2.46. The predicted molar refractivity (Wildman–Crippen MR) is 123 cm³/mol. The van der Waals surface area contributed by atoms with Crippen LogP contribution in [0.2, 0.25) is 5.04 Å². The molecule has 0 aromatic heterocycles. The van der Waals surface area contributed by atoms with E-state index in [0.717, 1.165) is 12.0 Å². The number of carbonyl (C=O) groups excluding carboxylic acids is 1. The highest BCUT2D eigenvalue weighted by Gasteiger charge is 2.53. The lowest BCUT2D eigenvalue weighted by atomic mass is 9.95. The van der Waals surface area contributed by atoms with E-state index in [0.29, 0.717) is 6.42 Å². The largest absolute Gasteiger partial charge is 0.404 e. The molecular formula is C26H32O3Si. The number of ketones is 1. The summed E-state index contributed by atoms with van der Waals surface area (Å²) in [6, 6.07) is 21.2. The van der Waals surface area contributed by atoms with Crippen LogP contribution in [0.15, 0.2) is 72.3 Å². The maximum atomic E-state index is 11.8. The number of fused-ring (bicyclic) bond motifs is 1. The first-order valence-corrected chi connectivity index (χ1v) is 12.8. The SMILES string of the molecule is C[C@H](O[Si](c1ccccc1)(c1ccccc1)C(C)(C)C)[C@H]1CC2=CC(=O)C[C@H]2[C@H]1O. The average Bonchev–Trinajstić information content (AvgIpc) is 3.23. The highest BCUT2D eigenvalue weighted by atomic mass is 28.4. The summed E-state index contributed by atoms with van der Waals surface area (Å²) in [4.78, 5) is 11.8. The van der Waals surface area contributed by atoms with Gasteiger partial charge in [0.05, 0.1) is 6.10 Å². The number of rotatable bonds is 5. The van der Waals surface area contributed by atoms with Crippen LogP contribution < -0.4 is 10.4 Å². The zero-order chi connectivity index (χ0) is 21.5. The zero-order valence-electron chi connectivity index (χ0n) is 18.3. The Morgan fingerprint density at radius 2 is 1.50 bits per heavy atom. The van der Waals surface area contributed by atoms with Crippen molar-refractivity contribution in [3.63, 3.8) is 0 Å². The average molecular weight is 421 g/mol. The number of aliphatic hydroxyl groups is 1. The van der Waals surface area contributed by atoms with Gasteiger partial charge in [0.1, 0.15) is 0 Å².